The van der Waals surface area contributed by atoms with Crippen molar-refractivity contribution in [2.75, 3.05) is 23.3 Å². The van der Waals surface area contributed by atoms with E-state index in [9.17, 15) is 9.59 Å². The molecule has 0 spiro atoms. The summed E-state index contributed by atoms with van der Waals surface area (Å²) in [6.07, 6.45) is 2.63. The zero-order valence-corrected chi connectivity index (χ0v) is 15.5. The molecule has 0 unspecified atom stereocenters. The second kappa shape index (κ2) is 7.31. The first-order chi connectivity index (χ1) is 13.1. The topological polar surface area (TPSA) is 59.3 Å². The van der Waals surface area contributed by atoms with Gasteiger partial charge in [-0.3, -0.25) is 13.9 Å². The summed E-state index contributed by atoms with van der Waals surface area (Å²) in [6.45, 7) is 2.41. The van der Waals surface area contributed by atoms with Crippen LogP contribution in [0.25, 0.3) is 11.0 Å². The number of anilines is 2. The van der Waals surface area contributed by atoms with Gasteiger partial charge in [0, 0.05) is 33.1 Å². The van der Waals surface area contributed by atoms with Gasteiger partial charge in [-0.1, -0.05) is 24.3 Å². The molecule has 0 bridgehead atoms. The Bertz CT molecular complexity index is 1030. The van der Waals surface area contributed by atoms with Gasteiger partial charge < -0.3 is 10.2 Å². The van der Waals surface area contributed by atoms with Crippen LogP contribution in [0.3, 0.4) is 0 Å². The lowest BCUT2D eigenvalue weighted by Gasteiger charge is -2.21. The third-order valence-electron chi connectivity index (χ3n) is 5.24. The summed E-state index contributed by atoms with van der Waals surface area (Å²) in [4.78, 5) is 27.3. The van der Waals surface area contributed by atoms with E-state index in [1.165, 1.54) is 12.8 Å². The zero-order valence-electron chi connectivity index (χ0n) is 15.5. The third kappa shape index (κ3) is 3.35. The maximum atomic E-state index is 12.6. The summed E-state index contributed by atoms with van der Waals surface area (Å²) >= 11 is 0. The number of amides is 1. The molecule has 3 aromatic rings. The van der Waals surface area contributed by atoms with Crippen molar-refractivity contribution >= 4 is 28.3 Å². The average Bonchev–Trinajstić information content (AvgIpc) is 3.30. The molecule has 1 saturated heterocycles. The Labute approximate surface area is 158 Å². The van der Waals surface area contributed by atoms with E-state index in [0.717, 1.165) is 35.5 Å². The summed E-state index contributed by atoms with van der Waals surface area (Å²) in [6, 6.07) is 15.6. The number of hydrogen-bond donors (Lipinski definition) is 1. The number of imidazole rings is 1. The lowest BCUT2D eigenvalue weighted by molar-refractivity contribution is -0.116. The fourth-order valence-corrected chi connectivity index (χ4v) is 3.82. The Morgan fingerprint density at radius 2 is 1.67 bits per heavy atom. The molecule has 1 N–H and O–H groups in total. The van der Waals surface area contributed by atoms with Gasteiger partial charge in [0.1, 0.15) is 0 Å². The van der Waals surface area contributed by atoms with Crippen LogP contribution in [0.4, 0.5) is 11.4 Å². The van der Waals surface area contributed by atoms with Gasteiger partial charge in [0.05, 0.1) is 22.4 Å². The lowest BCUT2D eigenvalue weighted by atomic mass is 10.2. The smallest absolute Gasteiger partial charge is 0.328 e. The first-order valence-electron chi connectivity index (χ1n) is 9.43. The average molecular weight is 364 g/mol. The zero-order chi connectivity index (χ0) is 18.8. The second-order valence-corrected chi connectivity index (χ2v) is 6.99. The highest BCUT2D eigenvalue weighted by molar-refractivity contribution is 5.94. The van der Waals surface area contributed by atoms with Crippen LogP contribution < -0.4 is 15.9 Å². The van der Waals surface area contributed by atoms with E-state index in [0.29, 0.717) is 6.54 Å². The van der Waals surface area contributed by atoms with E-state index in [1.807, 2.05) is 42.5 Å². The Morgan fingerprint density at radius 1 is 1.00 bits per heavy atom. The summed E-state index contributed by atoms with van der Waals surface area (Å²) < 4.78 is 3.29. The molecule has 140 valence electrons. The maximum absolute atomic E-state index is 12.6. The van der Waals surface area contributed by atoms with Crippen molar-refractivity contribution in [1.82, 2.24) is 9.13 Å². The molecule has 1 amide bonds. The highest BCUT2D eigenvalue weighted by Gasteiger charge is 2.17. The van der Waals surface area contributed by atoms with Crippen LogP contribution in [-0.4, -0.2) is 28.1 Å². The number of rotatable bonds is 5. The summed E-state index contributed by atoms with van der Waals surface area (Å²) in [7, 11) is 1.76. The molecule has 4 rings (SSSR count). The van der Waals surface area contributed by atoms with Crippen molar-refractivity contribution in [3.8, 4) is 0 Å². The molecule has 2 heterocycles. The van der Waals surface area contributed by atoms with Gasteiger partial charge in [-0.15, -0.1) is 0 Å². The van der Waals surface area contributed by atoms with E-state index in [-0.39, 0.29) is 18.0 Å². The fourth-order valence-electron chi connectivity index (χ4n) is 3.82. The number of aromatic nitrogens is 2. The van der Waals surface area contributed by atoms with Crippen molar-refractivity contribution in [3.63, 3.8) is 0 Å². The number of carbonyl (C=O) groups is 1. The quantitative estimate of drug-likeness (QED) is 0.757. The van der Waals surface area contributed by atoms with Crippen molar-refractivity contribution in [3.05, 3.63) is 59.0 Å². The minimum Gasteiger partial charge on any atom is -0.370 e. The molecule has 6 heteroatoms. The van der Waals surface area contributed by atoms with Gasteiger partial charge in [0.2, 0.25) is 5.91 Å². The molecule has 0 radical (unpaired) electrons. The van der Waals surface area contributed by atoms with E-state index in [4.69, 9.17) is 0 Å². The summed E-state index contributed by atoms with van der Waals surface area (Å²) in [5.41, 5.74) is 3.55. The molecule has 0 saturated carbocycles. The fraction of sp³-hybridized carbons (Fsp3) is 0.333. The SMILES string of the molecule is Cn1c(=O)n(CCC(=O)Nc2ccccc2N2CCCC2)c2ccccc21. The molecule has 1 aliphatic heterocycles. The van der Waals surface area contributed by atoms with Gasteiger partial charge in [-0.25, -0.2) is 4.79 Å². The molecule has 27 heavy (non-hydrogen) atoms. The number of benzene rings is 2. The van der Waals surface area contributed by atoms with Crippen molar-refractivity contribution in [1.29, 1.82) is 0 Å². The molecule has 6 nitrogen and oxygen atoms in total. The Hall–Kier alpha value is -3.02. The van der Waals surface area contributed by atoms with E-state index in [1.54, 1.807) is 16.2 Å². The first kappa shape index (κ1) is 17.4. The minimum atomic E-state index is -0.0959. The van der Waals surface area contributed by atoms with Crippen LogP contribution in [-0.2, 0) is 18.4 Å². The maximum Gasteiger partial charge on any atom is 0.328 e. The largest absolute Gasteiger partial charge is 0.370 e. The van der Waals surface area contributed by atoms with Gasteiger partial charge in [0.15, 0.2) is 0 Å². The molecule has 1 aliphatic rings. The highest BCUT2D eigenvalue weighted by atomic mass is 16.2. The van der Waals surface area contributed by atoms with Crippen LogP contribution in [0.2, 0.25) is 0 Å². The van der Waals surface area contributed by atoms with Crippen LogP contribution in [0.5, 0.6) is 0 Å². The molecular weight excluding hydrogens is 340 g/mol. The van der Waals surface area contributed by atoms with Crippen LogP contribution in [0, 0.1) is 0 Å². The Morgan fingerprint density at radius 3 is 2.44 bits per heavy atom. The van der Waals surface area contributed by atoms with Gasteiger partial charge in [-0.2, -0.15) is 0 Å². The standard InChI is InChI=1S/C21H24N4O2/c1-23-18-10-4-5-11-19(18)25(21(23)27)15-12-20(26)22-16-8-2-3-9-17(16)24-13-6-7-14-24/h2-5,8-11H,6-7,12-15H2,1H3,(H,22,26). The number of carbonyl (C=O) groups excluding carboxylic acids is 1. The molecule has 2 aromatic carbocycles. The highest BCUT2D eigenvalue weighted by Crippen LogP contribution is 2.28. The number of nitrogens with zero attached hydrogens (tertiary/aromatic N) is 3. The molecule has 0 aliphatic carbocycles. The Balaban J connectivity index is 1.49. The minimum absolute atomic E-state index is 0.0820. The third-order valence-corrected chi connectivity index (χ3v) is 5.24. The first-order valence-corrected chi connectivity index (χ1v) is 9.43. The normalized spacial score (nSPS) is 14.0. The Kier molecular flexibility index (Phi) is 4.71. The van der Waals surface area contributed by atoms with E-state index >= 15 is 0 Å². The predicted molar refractivity (Wildman–Crippen MR) is 108 cm³/mol. The van der Waals surface area contributed by atoms with Crippen molar-refractivity contribution in [2.45, 2.75) is 25.8 Å². The number of aryl methyl sites for hydroxylation is 2. The van der Waals surface area contributed by atoms with E-state index in [2.05, 4.69) is 16.3 Å². The van der Waals surface area contributed by atoms with Gasteiger partial charge >= 0.3 is 5.69 Å². The number of para-hydroxylation sites is 4. The van der Waals surface area contributed by atoms with Crippen LogP contribution in [0.15, 0.2) is 53.3 Å². The van der Waals surface area contributed by atoms with Crippen molar-refractivity contribution < 1.29 is 4.79 Å². The predicted octanol–water partition coefficient (Wildman–Crippen LogP) is 2.97. The second-order valence-electron chi connectivity index (χ2n) is 6.99. The molecular formula is C21H24N4O2. The number of fused-ring (bicyclic) bond motifs is 1. The number of hydrogen-bond acceptors (Lipinski definition) is 3. The summed E-state index contributed by atoms with van der Waals surface area (Å²) in [5.74, 6) is -0.0820. The lowest BCUT2D eigenvalue weighted by Crippen LogP contribution is -2.25. The molecule has 1 fully saturated rings. The summed E-state index contributed by atoms with van der Waals surface area (Å²) in [5, 5.41) is 3.03. The van der Waals surface area contributed by atoms with Crippen LogP contribution in [0.1, 0.15) is 19.3 Å². The van der Waals surface area contributed by atoms with Crippen LogP contribution >= 0.6 is 0 Å². The van der Waals surface area contributed by atoms with Gasteiger partial charge in [-0.05, 0) is 37.1 Å². The van der Waals surface area contributed by atoms with Crippen molar-refractivity contribution in [2.24, 2.45) is 7.05 Å². The van der Waals surface area contributed by atoms with Gasteiger partial charge in [0.25, 0.3) is 0 Å². The monoisotopic (exact) mass is 364 g/mol. The van der Waals surface area contributed by atoms with E-state index < -0.39 is 0 Å². The molecule has 1 aromatic heterocycles. The number of nitrogens with one attached hydrogen (secondary N) is 1. The molecule has 0 atom stereocenters.